The molecule has 2 aromatic carbocycles. The van der Waals surface area contributed by atoms with Crippen LogP contribution in [0.2, 0.25) is 5.02 Å². The van der Waals surface area contributed by atoms with Crippen molar-refractivity contribution in [1.82, 2.24) is 25.1 Å². The van der Waals surface area contributed by atoms with Gasteiger partial charge in [0.25, 0.3) is 11.8 Å². The van der Waals surface area contributed by atoms with Crippen LogP contribution in [0.5, 0.6) is 0 Å². The van der Waals surface area contributed by atoms with Crippen molar-refractivity contribution < 1.29 is 23.6 Å². The third-order valence-electron chi connectivity index (χ3n) is 6.03. The standard InChI is InChI=1S/C26H22ClN5O5/c1-16-22(23(29-37-16)20-10-4-5-11-21(20)27)26(35)36-15-17-14-31(30-28-17)12-6-7-13-32-24(33)18-8-2-3-9-19(18)25(32)34/h2-5,8-11,14H,6-7,12-13,15H2,1H3. The Labute approximate surface area is 216 Å². The number of unbranched alkanes of at least 4 members (excludes halogenated alkanes) is 1. The largest absolute Gasteiger partial charge is 0.455 e. The zero-order valence-electron chi connectivity index (χ0n) is 19.9. The lowest BCUT2D eigenvalue weighted by atomic mass is 10.1. The van der Waals surface area contributed by atoms with Crippen molar-refractivity contribution in [2.75, 3.05) is 6.54 Å². The first-order valence-electron chi connectivity index (χ1n) is 11.7. The van der Waals surface area contributed by atoms with Gasteiger partial charge in [0.05, 0.1) is 22.3 Å². The molecule has 0 unspecified atom stereocenters. The highest BCUT2D eigenvalue weighted by atomic mass is 35.5. The Morgan fingerprint density at radius 2 is 1.62 bits per heavy atom. The van der Waals surface area contributed by atoms with Gasteiger partial charge in [-0.05, 0) is 38.0 Å². The van der Waals surface area contributed by atoms with Crippen molar-refractivity contribution in [2.24, 2.45) is 0 Å². The van der Waals surface area contributed by atoms with Gasteiger partial charge in [-0.2, -0.15) is 0 Å². The highest BCUT2D eigenvalue weighted by Gasteiger charge is 2.34. The van der Waals surface area contributed by atoms with Gasteiger partial charge in [0.15, 0.2) is 0 Å². The van der Waals surface area contributed by atoms with Crippen molar-refractivity contribution in [1.29, 1.82) is 0 Å². The van der Waals surface area contributed by atoms with Gasteiger partial charge in [0, 0.05) is 18.7 Å². The number of aryl methyl sites for hydroxylation is 2. The Bertz CT molecular complexity index is 1460. The molecule has 11 heteroatoms. The molecule has 4 aromatic rings. The maximum Gasteiger partial charge on any atom is 0.344 e. The zero-order valence-corrected chi connectivity index (χ0v) is 20.6. The van der Waals surface area contributed by atoms with Crippen LogP contribution >= 0.6 is 11.6 Å². The lowest BCUT2D eigenvalue weighted by molar-refractivity contribution is 0.0465. The highest BCUT2D eigenvalue weighted by Crippen LogP contribution is 2.31. The number of nitrogens with zero attached hydrogens (tertiary/aromatic N) is 5. The number of carbonyl (C=O) groups is 3. The van der Waals surface area contributed by atoms with Gasteiger partial charge in [-0.15, -0.1) is 5.10 Å². The van der Waals surface area contributed by atoms with Crippen molar-refractivity contribution in [3.63, 3.8) is 0 Å². The third kappa shape index (κ3) is 4.88. The first kappa shape index (κ1) is 24.4. The van der Waals surface area contributed by atoms with Crippen LogP contribution in [-0.2, 0) is 17.9 Å². The second-order valence-corrected chi connectivity index (χ2v) is 8.91. The molecule has 0 radical (unpaired) electrons. The second-order valence-electron chi connectivity index (χ2n) is 8.51. The number of benzene rings is 2. The molecular weight excluding hydrogens is 498 g/mol. The molecule has 0 saturated carbocycles. The van der Waals surface area contributed by atoms with E-state index in [1.54, 1.807) is 66.3 Å². The normalized spacial score (nSPS) is 12.8. The fraction of sp³-hybridized carbons (Fsp3) is 0.231. The van der Waals surface area contributed by atoms with E-state index in [9.17, 15) is 14.4 Å². The number of esters is 1. The summed E-state index contributed by atoms with van der Waals surface area (Å²) in [6.45, 7) is 2.41. The maximum absolute atomic E-state index is 12.8. The quantitative estimate of drug-likeness (QED) is 0.182. The van der Waals surface area contributed by atoms with Crippen LogP contribution < -0.4 is 0 Å². The fourth-order valence-corrected chi connectivity index (χ4v) is 4.39. The predicted molar refractivity (Wildman–Crippen MR) is 132 cm³/mol. The number of ether oxygens (including phenoxy) is 1. The Hall–Kier alpha value is -4.31. The summed E-state index contributed by atoms with van der Waals surface area (Å²) in [5.41, 5.74) is 2.46. The van der Waals surface area contributed by atoms with Gasteiger partial charge in [-0.25, -0.2) is 4.79 Å². The van der Waals surface area contributed by atoms with Crippen LogP contribution in [0.1, 0.15) is 55.4 Å². The minimum Gasteiger partial charge on any atom is -0.455 e. The predicted octanol–water partition coefficient (Wildman–Crippen LogP) is 4.33. The lowest BCUT2D eigenvalue weighted by Gasteiger charge is -2.13. The molecule has 188 valence electrons. The number of imide groups is 1. The Morgan fingerprint density at radius 1 is 0.973 bits per heavy atom. The van der Waals surface area contributed by atoms with E-state index in [1.807, 2.05) is 0 Å². The average Bonchev–Trinajstić information content (AvgIpc) is 3.58. The first-order chi connectivity index (χ1) is 17.9. The van der Waals surface area contributed by atoms with E-state index in [2.05, 4.69) is 15.5 Å². The van der Waals surface area contributed by atoms with Crippen LogP contribution in [0, 0.1) is 6.92 Å². The fourth-order valence-electron chi connectivity index (χ4n) is 4.16. The van der Waals surface area contributed by atoms with E-state index in [1.165, 1.54) is 4.90 Å². The minimum atomic E-state index is -0.607. The van der Waals surface area contributed by atoms with E-state index >= 15 is 0 Å². The van der Waals surface area contributed by atoms with E-state index in [0.717, 1.165) is 0 Å². The molecule has 37 heavy (non-hydrogen) atoms. The summed E-state index contributed by atoms with van der Waals surface area (Å²) in [5.74, 6) is -0.803. The molecular formula is C26H22ClN5O5. The van der Waals surface area contributed by atoms with E-state index in [4.69, 9.17) is 20.9 Å². The molecule has 0 atom stereocenters. The van der Waals surface area contributed by atoms with Crippen LogP contribution in [-0.4, -0.2) is 49.4 Å². The molecule has 0 N–H and O–H groups in total. The van der Waals surface area contributed by atoms with Crippen LogP contribution in [0.4, 0.5) is 0 Å². The molecule has 0 spiro atoms. The summed E-state index contributed by atoms with van der Waals surface area (Å²) in [5, 5.41) is 12.5. The van der Waals surface area contributed by atoms with E-state index in [-0.39, 0.29) is 24.0 Å². The van der Waals surface area contributed by atoms with Gasteiger partial charge in [0.2, 0.25) is 0 Å². The molecule has 2 aromatic heterocycles. The number of aromatic nitrogens is 4. The SMILES string of the molecule is Cc1onc(-c2ccccc2Cl)c1C(=O)OCc1cn(CCCCN2C(=O)c3ccccc3C2=O)nn1. The molecule has 3 heterocycles. The third-order valence-corrected chi connectivity index (χ3v) is 6.36. The van der Waals surface area contributed by atoms with Gasteiger partial charge < -0.3 is 9.26 Å². The van der Waals surface area contributed by atoms with Crippen LogP contribution in [0.15, 0.2) is 59.3 Å². The summed E-state index contributed by atoms with van der Waals surface area (Å²) in [6, 6.07) is 13.9. The lowest BCUT2D eigenvalue weighted by Crippen LogP contribution is -2.30. The number of halogens is 1. The monoisotopic (exact) mass is 519 g/mol. The number of rotatable bonds is 9. The number of amides is 2. The smallest absolute Gasteiger partial charge is 0.344 e. The molecule has 1 aliphatic rings. The number of carbonyl (C=O) groups excluding carboxylic acids is 3. The van der Waals surface area contributed by atoms with Crippen molar-refractivity contribution in [3.05, 3.63) is 87.9 Å². The highest BCUT2D eigenvalue weighted by molar-refractivity contribution is 6.33. The topological polar surface area (TPSA) is 120 Å². The minimum absolute atomic E-state index is 0.0829. The summed E-state index contributed by atoms with van der Waals surface area (Å²) < 4.78 is 12.3. The summed E-state index contributed by atoms with van der Waals surface area (Å²) in [6.07, 6.45) is 2.98. The van der Waals surface area contributed by atoms with Gasteiger partial charge in [-0.3, -0.25) is 19.2 Å². The van der Waals surface area contributed by atoms with Gasteiger partial charge in [-0.1, -0.05) is 52.3 Å². The average molecular weight is 520 g/mol. The van der Waals surface area contributed by atoms with Crippen molar-refractivity contribution in [3.8, 4) is 11.3 Å². The van der Waals surface area contributed by atoms with Crippen LogP contribution in [0.25, 0.3) is 11.3 Å². The van der Waals surface area contributed by atoms with Crippen molar-refractivity contribution in [2.45, 2.75) is 32.9 Å². The maximum atomic E-state index is 12.8. The van der Waals surface area contributed by atoms with Gasteiger partial charge >= 0.3 is 5.97 Å². The van der Waals surface area contributed by atoms with E-state index in [0.29, 0.717) is 64.8 Å². The molecule has 5 rings (SSSR count). The zero-order chi connectivity index (χ0) is 25.9. The summed E-state index contributed by atoms with van der Waals surface area (Å²) in [4.78, 5) is 39.0. The van der Waals surface area contributed by atoms with Gasteiger partial charge in [0.1, 0.15) is 29.3 Å². The second kappa shape index (κ2) is 10.4. The Morgan fingerprint density at radius 3 is 2.32 bits per heavy atom. The summed E-state index contributed by atoms with van der Waals surface area (Å²) in [7, 11) is 0. The Balaban J connectivity index is 1.12. The van der Waals surface area contributed by atoms with Crippen molar-refractivity contribution >= 4 is 29.4 Å². The molecule has 10 nitrogen and oxygen atoms in total. The van der Waals surface area contributed by atoms with Crippen LogP contribution in [0.3, 0.4) is 0 Å². The molecule has 2 amide bonds. The van der Waals surface area contributed by atoms with E-state index < -0.39 is 5.97 Å². The molecule has 0 aliphatic carbocycles. The Kier molecular flexibility index (Phi) is 6.82. The summed E-state index contributed by atoms with van der Waals surface area (Å²) >= 11 is 6.25. The first-order valence-corrected chi connectivity index (χ1v) is 12.0. The number of hydrogen-bond acceptors (Lipinski definition) is 8. The molecule has 1 aliphatic heterocycles. The number of hydrogen-bond donors (Lipinski definition) is 0. The number of fused-ring (bicyclic) bond motifs is 1. The molecule has 0 bridgehead atoms. The molecule has 0 fully saturated rings. The molecule has 0 saturated heterocycles.